The minimum Gasteiger partial charge on any atom is -0.491 e. The first-order valence-electron chi connectivity index (χ1n) is 7.05. The van der Waals surface area contributed by atoms with Crippen molar-refractivity contribution in [1.82, 2.24) is 10.2 Å². The molecule has 3 nitrogen and oxygen atoms in total. The molecular weight excluding hydrogens is 260 g/mol. The highest BCUT2D eigenvalue weighted by molar-refractivity contribution is 6.32. The molecule has 0 aromatic heterocycles. The smallest absolute Gasteiger partial charge is 0.137 e. The van der Waals surface area contributed by atoms with Gasteiger partial charge in [-0.25, -0.2) is 0 Å². The van der Waals surface area contributed by atoms with Gasteiger partial charge in [-0.2, -0.15) is 0 Å². The van der Waals surface area contributed by atoms with Crippen molar-refractivity contribution in [1.29, 1.82) is 0 Å². The Kier molecular flexibility index (Phi) is 7.87. The molecule has 0 heterocycles. The number of nitrogens with one attached hydrogen (secondary N) is 1. The zero-order valence-electron chi connectivity index (χ0n) is 12.2. The Hall–Kier alpha value is -0.770. The van der Waals surface area contributed by atoms with Crippen LogP contribution in [0.5, 0.6) is 5.75 Å². The number of benzene rings is 1. The first-order valence-corrected chi connectivity index (χ1v) is 7.43. The van der Waals surface area contributed by atoms with Crippen LogP contribution in [0.15, 0.2) is 18.2 Å². The van der Waals surface area contributed by atoms with Gasteiger partial charge in [0.25, 0.3) is 0 Å². The average Bonchev–Trinajstić information content (AvgIpc) is 2.43. The number of nitrogens with zero attached hydrogens (tertiary/aromatic N) is 1. The normalized spacial score (nSPS) is 11.0. The minimum absolute atomic E-state index is 0.675. The molecule has 4 heteroatoms. The van der Waals surface area contributed by atoms with Gasteiger partial charge in [-0.05, 0) is 37.3 Å². The Morgan fingerprint density at radius 3 is 2.53 bits per heavy atom. The van der Waals surface area contributed by atoms with Crippen LogP contribution in [-0.4, -0.2) is 37.7 Å². The lowest BCUT2D eigenvalue weighted by Crippen LogP contribution is -2.27. The zero-order chi connectivity index (χ0) is 14.1. The Labute approximate surface area is 121 Å². The summed E-state index contributed by atoms with van der Waals surface area (Å²) in [5.41, 5.74) is 1.18. The fourth-order valence-corrected chi connectivity index (χ4v) is 2.12. The molecule has 108 valence electrons. The van der Waals surface area contributed by atoms with Gasteiger partial charge in [0.05, 0.1) is 5.02 Å². The van der Waals surface area contributed by atoms with E-state index in [1.165, 1.54) is 5.56 Å². The second kappa shape index (κ2) is 9.18. The second-order valence-electron chi connectivity index (χ2n) is 4.42. The molecule has 0 unspecified atom stereocenters. The third kappa shape index (κ3) is 5.81. The van der Waals surface area contributed by atoms with Crippen molar-refractivity contribution in [2.75, 3.05) is 32.8 Å². The van der Waals surface area contributed by atoms with E-state index in [2.05, 4.69) is 37.1 Å². The van der Waals surface area contributed by atoms with E-state index in [1.807, 2.05) is 12.1 Å². The van der Waals surface area contributed by atoms with E-state index < -0.39 is 0 Å². The number of hydrogen-bond donors (Lipinski definition) is 1. The molecule has 0 bridgehead atoms. The van der Waals surface area contributed by atoms with E-state index in [1.54, 1.807) is 0 Å². The molecule has 0 spiro atoms. The van der Waals surface area contributed by atoms with E-state index in [-0.39, 0.29) is 0 Å². The monoisotopic (exact) mass is 284 g/mol. The fourth-order valence-electron chi connectivity index (χ4n) is 1.87. The van der Waals surface area contributed by atoms with Crippen LogP contribution in [0.4, 0.5) is 0 Å². The lowest BCUT2D eigenvalue weighted by atomic mass is 10.2. The van der Waals surface area contributed by atoms with Crippen molar-refractivity contribution in [2.24, 2.45) is 0 Å². The SMILES string of the molecule is CCNCc1ccc(OCCN(CC)CC)c(Cl)c1. The van der Waals surface area contributed by atoms with E-state index >= 15 is 0 Å². The lowest BCUT2D eigenvalue weighted by molar-refractivity contribution is 0.223. The number of likely N-dealkylation sites (N-methyl/N-ethyl adjacent to an activating group) is 1. The Bertz CT molecular complexity index is 367. The van der Waals surface area contributed by atoms with Gasteiger partial charge < -0.3 is 15.0 Å². The number of rotatable bonds is 9. The molecule has 1 rings (SSSR count). The summed E-state index contributed by atoms with van der Waals surface area (Å²) in [5.74, 6) is 0.772. The van der Waals surface area contributed by atoms with Crippen LogP contribution in [0.1, 0.15) is 26.3 Å². The third-order valence-corrected chi connectivity index (χ3v) is 3.43. The van der Waals surface area contributed by atoms with E-state index in [0.717, 1.165) is 38.5 Å². The van der Waals surface area contributed by atoms with Gasteiger partial charge in [0, 0.05) is 13.1 Å². The summed E-state index contributed by atoms with van der Waals surface area (Å²) in [6, 6.07) is 5.98. The summed E-state index contributed by atoms with van der Waals surface area (Å²) in [5, 5.41) is 3.97. The highest BCUT2D eigenvalue weighted by Crippen LogP contribution is 2.25. The fraction of sp³-hybridized carbons (Fsp3) is 0.600. The molecule has 0 radical (unpaired) electrons. The largest absolute Gasteiger partial charge is 0.491 e. The first kappa shape index (κ1) is 16.3. The molecule has 0 amide bonds. The Morgan fingerprint density at radius 2 is 1.95 bits per heavy atom. The average molecular weight is 285 g/mol. The summed E-state index contributed by atoms with van der Waals surface area (Å²) in [6.45, 7) is 11.9. The second-order valence-corrected chi connectivity index (χ2v) is 4.83. The highest BCUT2D eigenvalue weighted by Gasteiger charge is 2.04. The van der Waals surface area contributed by atoms with E-state index in [0.29, 0.717) is 11.6 Å². The topological polar surface area (TPSA) is 24.5 Å². The summed E-state index contributed by atoms with van der Waals surface area (Å²) >= 11 is 6.23. The number of halogens is 1. The van der Waals surface area contributed by atoms with Gasteiger partial charge in [-0.1, -0.05) is 38.4 Å². The number of hydrogen-bond acceptors (Lipinski definition) is 3. The molecule has 0 aliphatic rings. The molecule has 1 aromatic rings. The Balaban J connectivity index is 2.46. The van der Waals surface area contributed by atoms with Crippen molar-refractivity contribution < 1.29 is 4.74 Å². The summed E-state index contributed by atoms with van der Waals surface area (Å²) in [6.07, 6.45) is 0. The molecule has 19 heavy (non-hydrogen) atoms. The third-order valence-electron chi connectivity index (χ3n) is 3.13. The van der Waals surface area contributed by atoms with Crippen LogP contribution < -0.4 is 10.1 Å². The maximum absolute atomic E-state index is 6.23. The van der Waals surface area contributed by atoms with Gasteiger partial charge in [0.2, 0.25) is 0 Å². The van der Waals surface area contributed by atoms with Crippen molar-refractivity contribution in [3.63, 3.8) is 0 Å². The molecular formula is C15H25ClN2O. The standard InChI is InChI=1S/C15H25ClN2O/c1-4-17-12-13-7-8-15(14(16)11-13)19-10-9-18(5-2)6-3/h7-8,11,17H,4-6,9-10,12H2,1-3H3. The molecule has 0 saturated carbocycles. The van der Waals surface area contributed by atoms with Gasteiger partial charge in [0.15, 0.2) is 0 Å². The van der Waals surface area contributed by atoms with Gasteiger partial charge in [0.1, 0.15) is 12.4 Å². The Morgan fingerprint density at radius 1 is 1.21 bits per heavy atom. The van der Waals surface area contributed by atoms with Gasteiger partial charge >= 0.3 is 0 Å². The van der Waals surface area contributed by atoms with E-state index in [9.17, 15) is 0 Å². The molecule has 1 aromatic carbocycles. The quantitative estimate of drug-likeness (QED) is 0.754. The van der Waals surface area contributed by atoms with Gasteiger partial charge in [-0.3, -0.25) is 0 Å². The molecule has 0 atom stereocenters. The van der Waals surface area contributed by atoms with Crippen molar-refractivity contribution in [2.45, 2.75) is 27.3 Å². The molecule has 0 aliphatic carbocycles. The van der Waals surface area contributed by atoms with Crippen molar-refractivity contribution in [3.8, 4) is 5.75 Å². The molecule has 0 aliphatic heterocycles. The van der Waals surface area contributed by atoms with Crippen LogP contribution in [0.2, 0.25) is 5.02 Å². The van der Waals surface area contributed by atoms with Crippen LogP contribution in [0.25, 0.3) is 0 Å². The highest BCUT2D eigenvalue weighted by atomic mass is 35.5. The van der Waals surface area contributed by atoms with Crippen LogP contribution in [0, 0.1) is 0 Å². The van der Waals surface area contributed by atoms with Crippen LogP contribution in [-0.2, 0) is 6.54 Å². The van der Waals surface area contributed by atoms with Crippen molar-refractivity contribution in [3.05, 3.63) is 28.8 Å². The molecule has 0 saturated heterocycles. The van der Waals surface area contributed by atoms with Crippen LogP contribution >= 0.6 is 11.6 Å². The molecule has 1 N–H and O–H groups in total. The maximum atomic E-state index is 6.23. The minimum atomic E-state index is 0.675. The summed E-state index contributed by atoms with van der Waals surface area (Å²) in [4.78, 5) is 2.33. The first-order chi connectivity index (χ1) is 9.21. The van der Waals surface area contributed by atoms with Crippen molar-refractivity contribution >= 4 is 11.6 Å². The predicted molar refractivity (Wildman–Crippen MR) is 82.1 cm³/mol. The zero-order valence-corrected chi connectivity index (χ0v) is 13.0. The predicted octanol–water partition coefficient (Wildman–Crippen LogP) is 3.17. The summed E-state index contributed by atoms with van der Waals surface area (Å²) < 4.78 is 5.74. The maximum Gasteiger partial charge on any atom is 0.137 e. The van der Waals surface area contributed by atoms with Crippen LogP contribution in [0.3, 0.4) is 0 Å². The summed E-state index contributed by atoms with van der Waals surface area (Å²) in [7, 11) is 0. The number of ether oxygens (including phenoxy) is 1. The lowest BCUT2D eigenvalue weighted by Gasteiger charge is -2.18. The molecule has 0 fully saturated rings. The van der Waals surface area contributed by atoms with Gasteiger partial charge in [-0.15, -0.1) is 0 Å². The van der Waals surface area contributed by atoms with E-state index in [4.69, 9.17) is 16.3 Å².